The van der Waals surface area contributed by atoms with E-state index in [1.807, 2.05) is 26.0 Å². The molecule has 0 unspecified atom stereocenters. The lowest BCUT2D eigenvalue weighted by Crippen LogP contribution is -2.54. The summed E-state index contributed by atoms with van der Waals surface area (Å²) in [6.45, 7) is 7.14. The van der Waals surface area contributed by atoms with E-state index in [4.69, 9.17) is 10.5 Å². The fourth-order valence-corrected chi connectivity index (χ4v) is 2.32. The van der Waals surface area contributed by atoms with E-state index in [9.17, 15) is 0 Å². The number of nitriles is 2. The van der Waals surface area contributed by atoms with Crippen molar-refractivity contribution in [1.29, 1.82) is 10.5 Å². The maximum absolute atomic E-state index is 9.15. The summed E-state index contributed by atoms with van der Waals surface area (Å²) in [6.07, 6.45) is 1.64. The SMILES string of the molecule is CC(C)(C#N)N1CCN(c2cccnc2C#N)CC1. The minimum absolute atomic E-state index is 0.431. The third kappa shape index (κ3) is 2.67. The van der Waals surface area contributed by atoms with Crippen LogP contribution in [0.5, 0.6) is 0 Å². The summed E-state index contributed by atoms with van der Waals surface area (Å²) in [5, 5.41) is 18.2. The second-order valence-corrected chi connectivity index (χ2v) is 5.13. The molecule has 0 aromatic carbocycles. The lowest BCUT2D eigenvalue weighted by molar-refractivity contribution is 0.158. The highest BCUT2D eigenvalue weighted by Crippen LogP contribution is 2.22. The van der Waals surface area contributed by atoms with Crippen LogP contribution in [0.3, 0.4) is 0 Å². The lowest BCUT2D eigenvalue weighted by Gasteiger charge is -2.41. The molecule has 0 aliphatic carbocycles. The van der Waals surface area contributed by atoms with E-state index in [2.05, 4.69) is 26.9 Å². The van der Waals surface area contributed by atoms with Gasteiger partial charge in [0.25, 0.3) is 0 Å². The third-order valence-corrected chi connectivity index (χ3v) is 3.58. The van der Waals surface area contributed by atoms with Crippen molar-refractivity contribution < 1.29 is 0 Å². The second kappa shape index (κ2) is 5.26. The highest BCUT2D eigenvalue weighted by molar-refractivity contribution is 5.56. The van der Waals surface area contributed by atoms with Crippen LogP contribution in [0.1, 0.15) is 19.5 Å². The first-order valence-corrected chi connectivity index (χ1v) is 6.35. The van der Waals surface area contributed by atoms with Crippen molar-refractivity contribution in [2.24, 2.45) is 0 Å². The van der Waals surface area contributed by atoms with Gasteiger partial charge in [-0.05, 0) is 26.0 Å². The molecule has 0 atom stereocenters. The van der Waals surface area contributed by atoms with Gasteiger partial charge < -0.3 is 4.90 Å². The standard InChI is InChI=1S/C14H17N5/c1-14(2,11-16)19-8-6-18(7-9-19)13-4-3-5-17-12(13)10-15/h3-5H,6-9H2,1-2H3. The number of nitrogens with zero attached hydrogens (tertiary/aromatic N) is 5. The van der Waals surface area contributed by atoms with Crippen LogP contribution in [0.25, 0.3) is 0 Å². The van der Waals surface area contributed by atoms with Gasteiger partial charge in [0.15, 0.2) is 5.69 Å². The molecule has 98 valence electrons. The maximum atomic E-state index is 9.15. The number of rotatable bonds is 2. The Hall–Kier alpha value is -2.11. The van der Waals surface area contributed by atoms with Gasteiger partial charge in [-0.3, -0.25) is 4.90 Å². The predicted octanol–water partition coefficient (Wildman–Crippen LogP) is 1.38. The molecule has 1 fully saturated rings. The molecule has 1 aromatic rings. The van der Waals surface area contributed by atoms with E-state index < -0.39 is 5.54 Å². The van der Waals surface area contributed by atoms with Crippen molar-refractivity contribution in [3.63, 3.8) is 0 Å². The Bertz CT molecular complexity index is 530. The van der Waals surface area contributed by atoms with Gasteiger partial charge in [0.1, 0.15) is 11.6 Å². The van der Waals surface area contributed by atoms with Crippen molar-refractivity contribution in [1.82, 2.24) is 9.88 Å². The molecule has 0 radical (unpaired) electrons. The largest absolute Gasteiger partial charge is 0.367 e. The summed E-state index contributed by atoms with van der Waals surface area (Å²) in [6, 6.07) is 8.23. The van der Waals surface area contributed by atoms with Crippen LogP contribution in [-0.4, -0.2) is 41.6 Å². The summed E-state index contributed by atoms with van der Waals surface area (Å²) in [4.78, 5) is 8.42. The molecule has 0 amide bonds. The van der Waals surface area contributed by atoms with E-state index in [0.29, 0.717) is 5.69 Å². The molecule has 2 rings (SSSR count). The van der Waals surface area contributed by atoms with Gasteiger partial charge in [0.05, 0.1) is 11.8 Å². The van der Waals surface area contributed by atoms with E-state index >= 15 is 0 Å². The van der Waals surface area contributed by atoms with Gasteiger partial charge in [0.2, 0.25) is 0 Å². The zero-order valence-corrected chi connectivity index (χ0v) is 11.3. The Balaban J connectivity index is 2.09. The van der Waals surface area contributed by atoms with Crippen LogP contribution in [0, 0.1) is 22.7 Å². The summed E-state index contributed by atoms with van der Waals surface area (Å²) < 4.78 is 0. The topological polar surface area (TPSA) is 67.0 Å². The summed E-state index contributed by atoms with van der Waals surface area (Å²) in [5.41, 5.74) is 0.925. The zero-order chi connectivity index (χ0) is 13.9. The van der Waals surface area contributed by atoms with Crippen LogP contribution in [0.2, 0.25) is 0 Å². The molecule has 1 aliphatic rings. The minimum atomic E-state index is -0.431. The monoisotopic (exact) mass is 255 g/mol. The Kier molecular flexibility index (Phi) is 3.69. The van der Waals surface area contributed by atoms with Gasteiger partial charge >= 0.3 is 0 Å². The van der Waals surface area contributed by atoms with Crippen molar-refractivity contribution in [2.75, 3.05) is 31.1 Å². The van der Waals surface area contributed by atoms with Crippen LogP contribution >= 0.6 is 0 Å². The molecular formula is C14H17N5. The Labute approximate surface area is 113 Å². The summed E-state index contributed by atoms with van der Waals surface area (Å²) in [7, 11) is 0. The van der Waals surface area contributed by atoms with Gasteiger partial charge in [-0.2, -0.15) is 10.5 Å². The second-order valence-electron chi connectivity index (χ2n) is 5.13. The molecule has 1 saturated heterocycles. The Morgan fingerprint density at radius 3 is 2.47 bits per heavy atom. The molecule has 19 heavy (non-hydrogen) atoms. The number of pyridine rings is 1. The van der Waals surface area contributed by atoms with Gasteiger partial charge in [-0.1, -0.05) is 0 Å². The van der Waals surface area contributed by atoms with E-state index in [0.717, 1.165) is 31.9 Å². The average molecular weight is 255 g/mol. The highest BCUT2D eigenvalue weighted by atomic mass is 15.3. The highest BCUT2D eigenvalue weighted by Gasteiger charge is 2.30. The Morgan fingerprint density at radius 2 is 1.89 bits per heavy atom. The van der Waals surface area contributed by atoms with Gasteiger partial charge in [-0.15, -0.1) is 0 Å². The van der Waals surface area contributed by atoms with Gasteiger partial charge in [-0.25, -0.2) is 4.98 Å². The molecule has 0 N–H and O–H groups in total. The number of piperazine rings is 1. The molecule has 0 bridgehead atoms. The van der Waals surface area contributed by atoms with E-state index in [1.165, 1.54) is 0 Å². The number of hydrogen-bond acceptors (Lipinski definition) is 5. The fraction of sp³-hybridized carbons (Fsp3) is 0.500. The minimum Gasteiger partial charge on any atom is -0.367 e. The quantitative estimate of drug-likeness (QED) is 0.798. The first-order valence-electron chi connectivity index (χ1n) is 6.35. The molecule has 0 saturated carbocycles. The van der Waals surface area contributed by atoms with Crippen LogP contribution < -0.4 is 4.90 Å². The van der Waals surface area contributed by atoms with E-state index in [1.54, 1.807) is 6.20 Å². The maximum Gasteiger partial charge on any atom is 0.163 e. The summed E-state index contributed by atoms with van der Waals surface area (Å²) in [5.74, 6) is 0. The molecule has 5 heteroatoms. The Morgan fingerprint density at radius 1 is 1.21 bits per heavy atom. The lowest BCUT2D eigenvalue weighted by atomic mass is 10.0. The molecule has 5 nitrogen and oxygen atoms in total. The summed E-state index contributed by atoms with van der Waals surface area (Å²) >= 11 is 0. The predicted molar refractivity (Wildman–Crippen MR) is 72.4 cm³/mol. The third-order valence-electron chi connectivity index (χ3n) is 3.58. The van der Waals surface area contributed by atoms with Crippen molar-refractivity contribution in [2.45, 2.75) is 19.4 Å². The van der Waals surface area contributed by atoms with Crippen LogP contribution in [-0.2, 0) is 0 Å². The average Bonchev–Trinajstić information content (AvgIpc) is 2.47. The molecule has 2 heterocycles. The normalized spacial score (nSPS) is 16.7. The molecular weight excluding hydrogens is 238 g/mol. The zero-order valence-electron chi connectivity index (χ0n) is 11.3. The number of hydrogen-bond donors (Lipinski definition) is 0. The first-order chi connectivity index (χ1) is 9.08. The van der Waals surface area contributed by atoms with Gasteiger partial charge in [0, 0.05) is 32.4 Å². The van der Waals surface area contributed by atoms with E-state index in [-0.39, 0.29) is 0 Å². The molecule has 1 aliphatic heterocycles. The fourth-order valence-electron chi connectivity index (χ4n) is 2.32. The van der Waals surface area contributed by atoms with Crippen molar-refractivity contribution >= 4 is 5.69 Å². The number of aromatic nitrogens is 1. The van der Waals surface area contributed by atoms with Crippen molar-refractivity contribution in [3.05, 3.63) is 24.0 Å². The van der Waals surface area contributed by atoms with Crippen LogP contribution in [0.15, 0.2) is 18.3 Å². The van der Waals surface area contributed by atoms with Crippen molar-refractivity contribution in [3.8, 4) is 12.1 Å². The first kappa shape index (κ1) is 13.3. The smallest absolute Gasteiger partial charge is 0.163 e. The molecule has 0 spiro atoms. The van der Waals surface area contributed by atoms with Crippen LogP contribution in [0.4, 0.5) is 5.69 Å². The number of anilines is 1. The molecule has 1 aromatic heterocycles.